The minimum Gasteiger partial charge on any atom is -0.756 e. The summed E-state index contributed by atoms with van der Waals surface area (Å²) in [6, 6.07) is 0. The maximum Gasteiger partial charge on any atom is 0.306 e. The van der Waals surface area contributed by atoms with Gasteiger partial charge in [0.2, 0.25) is 0 Å². The van der Waals surface area contributed by atoms with Crippen LogP contribution in [-0.4, -0.2) is 70.7 Å². The molecule has 0 amide bonds. The number of nitrogens with zero attached hydrogens (tertiary/aromatic N) is 1. The number of carbonyl (C=O) groups is 1. The summed E-state index contributed by atoms with van der Waals surface area (Å²) >= 11 is 0. The summed E-state index contributed by atoms with van der Waals surface area (Å²) in [5.41, 5.74) is 0. The second-order valence-corrected chi connectivity index (χ2v) is 15.7. The summed E-state index contributed by atoms with van der Waals surface area (Å²) in [7, 11) is 1.35. The molecule has 0 fully saturated rings. The molecular formula is C39H76NO7P. The van der Waals surface area contributed by atoms with Crippen molar-refractivity contribution in [1.29, 1.82) is 0 Å². The van der Waals surface area contributed by atoms with Crippen LogP contribution < -0.4 is 4.89 Å². The number of phosphoric ester groups is 1. The fourth-order valence-electron chi connectivity index (χ4n) is 5.12. The number of unbranched alkanes of at least 4 members (excludes halogenated alkanes) is 18. The SMILES string of the molecule is CCCCC/C=C\CCCCCCCCOCC(COP(=O)([O-])OCC[N+](C)(C)C)OC(=O)CCCCCCC/C=C\CCCCCC. The summed E-state index contributed by atoms with van der Waals surface area (Å²) in [5, 5.41) is 0. The van der Waals surface area contributed by atoms with E-state index in [1.165, 1.54) is 96.3 Å². The van der Waals surface area contributed by atoms with Crippen molar-refractivity contribution in [1.82, 2.24) is 0 Å². The molecule has 9 heteroatoms. The van der Waals surface area contributed by atoms with E-state index in [0.29, 0.717) is 24.1 Å². The third-order valence-electron chi connectivity index (χ3n) is 8.23. The van der Waals surface area contributed by atoms with Crippen LogP contribution in [0.3, 0.4) is 0 Å². The molecule has 0 aliphatic carbocycles. The lowest BCUT2D eigenvalue weighted by Gasteiger charge is -2.28. The summed E-state index contributed by atoms with van der Waals surface area (Å²) in [6.45, 7) is 5.35. The van der Waals surface area contributed by atoms with E-state index in [1.807, 2.05) is 21.1 Å². The highest BCUT2D eigenvalue weighted by molar-refractivity contribution is 7.45. The van der Waals surface area contributed by atoms with E-state index in [1.54, 1.807) is 0 Å². The lowest BCUT2D eigenvalue weighted by molar-refractivity contribution is -0.870. The van der Waals surface area contributed by atoms with Crippen LogP contribution in [0.4, 0.5) is 0 Å². The van der Waals surface area contributed by atoms with E-state index in [0.717, 1.165) is 44.9 Å². The average molecular weight is 702 g/mol. The molecule has 0 saturated heterocycles. The second kappa shape index (κ2) is 33.1. The highest BCUT2D eigenvalue weighted by Gasteiger charge is 2.20. The number of esters is 1. The van der Waals surface area contributed by atoms with Crippen molar-refractivity contribution < 1.29 is 37.3 Å². The average Bonchev–Trinajstić information content (AvgIpc) is 3.03. The van der Waals surface area contributed by atoms with Crippen molar-refractivity contribution in [3.05, 3.63) is 24.3 Å². The summed E-state index contributed by atoms with van der Waals surface area (Å²) in [6.07, 6.45) is 34.6. The van der Waals surface area contributed by atoms with Gasteiger partial charge >= 0.3 is 5.97 Å². The van der Waals surface area contributed by atoms with Crippen molar-refractivity contribution in [3.8, 4) is 0 Å². The molecule has 0 spiro atoms. The number of quaternary nitrogens is 1. The minimum absolute atomic E-state index is 0.0241. The van der Waals surface area contributed by atoms with Crippen molar-refractivity contribution in [2.24, 2.45) is 0 Å². The van der Waals surface area contributed by atoms with Crippen LogP contribution in [0.1, 0.15) is 162 Å². The van der Waals surface area contributed by atoms with Crippen LogP contribution in [0.15, 0.2) is 24.3 Å². The number of ether oxygens (including phenoxy) is 2. The number of allylic oxidation sites excluding steroid dienone is 4. The number of carbonyl (C=O) groups excluding carboxylic acids is 1. The Labute approximate surface area is 296 Å². The molecule has 0 aromatic carbocycles. The zero-order valence-corrected chi connectivity index (χ0v) is 32.8. The summed E-state index contributed by atoms with van der Waals surface area (Å²) in [4.78, 5) is 24.9. The van der Waals surface area contributed by atoms with Crippen molar-refractivity contribution in [2.45, 2.75) is 168 Å². The van der Waals surface area contributed by atoms with E-state index in [-0.39, 0.29) is 25.8 Å². The Morgan fingerprint density at radius 2 is 1.08 bits per heavy atom. The predicted molar refractivity (Wildman–Crippen MR) is 199 cm³/mol. The first-order valence-corrected chi connectivity index (χ1v) is 21.0. The first kappa shape index (κ1) is 47.0. The van der Waals surface area contributed by atoms with Gasteiger partial charge in [0.15, 0.2) is 0 Å². The van der Waals surface area contributed by atoms with Crippen LogP contribution in [0, 0.1) is 0 Å². The molecule has 0 rings (SSSR count). The van der Waals surface area contributed by atoms with E-state index >= 15 is 0 Å². The lowest BCUT2D eigenvalue weighted by Crippen LogP contribution is -2.37. The molecule has 284 valence electrons. The minimum atomic E-state index is -4.52. The molecule has 48 heavy (non-hydrogen) atoms. The third-order valence-corrected chi connectivity index (χ3v) is 9.19. The third kappa shape index (κ3) is 36.3. The number of rotatable bonds is 36. The van der Waals surface area contributed by atoms with Crippen molar-refractivity contribution >= 4 is 13.8 Å². The van der Waals surface area contributed by atoms with Crippen molar-refractivity contribution in [2.75, 3.05) is 54.1 Å². The van der Waals surface area contributed by atoms with Gasteiger partial charge in [-0.05, 0) is 64.2 Å². The van der Waals surface area contributed by atoms with Crippen molar-refractivity contribution in [3.63, 3.8) is 0 Å². The van der Waals surface area contributed by atoms with Crippen LogP contribution >= 0.6 is 7.82 Å². The van der Waals surface area contributed by atoms with Gasteiger partial charge < -0.3 is 27.9 Å². The molecule has 0 aliphatic heterocycles. The van der Waals surface area contributed by atoms with E-state index < -0.39 is 13.9 Å². The van der Waals surface area contributed by atoms with Crippen LogP contribution in [0.25, 0.3) is 0 Å². The molecular weight excluding hydrogens is 625 g/mol. The molecule has 2 unspecified atom stereocenters. The van der Waals surface area contributed by atoms with E-state index in [4.69, 9.17) is 18.5 Å². The number of hydrogen-bond donors (Lipinski definition) is 0. The molecule has 0 saturated carbocycles. The maximum absolute atomic E-state index is 12.6. The number of phosphoric acid groups is 1. The van der Waals surface area contributed by atoms with Gasteiger partial charge in [-0.25, -0.2) is 0 Å². The molecule has 0 aromatic heterocycles. The Hall–Kier alpha value is -1.02. The molecule has 2 atom stereocenters. The molecule has 0 heterocycles. The summed E-state index contributed by atoms with van der Waals surface area (Å²) in [5.74, 6) is -0.347. The Kier molecular flexibility index (Phi) is 32.4. The molecule has 0 N–H and O–H groups in total. The fourth-order valence-corrected chi connectivity index (χ4v) is 5.85. The van der Waals surface area contributed by atoms with Gasteiger partial charge in [0.05, 0.1) is 34.4 Å². The van der Waals surface area contributed by atoms with Gasteiger partial charge in [-0.2, -0.15) is 0 Å². The topological polar surface area (TPSA) is 94.1 Å². The number of likely N-dealkylation sites (N-methyl/N-ethyl adjacent to an activating group) is 1. The van der Waals surface area contributed by atoms with Gasteiger partial charge in [-0.15, -0.1) is 0 Å². The Morgan fingerprint density at radius 3 is 1.62 bits per heavy atom. The zero-order valence-electron chi connectivity index (χ0n) is 31.9. The van der Waals surface area contributed by atoms with Gasteiger partial charge in [0.1, 0.15) is 19.3 Å². The molecule has 0 radical (unpaired) electrons. The predicted octanol–water partition coefficient (Wildman–Crippen LogP) is 10.2. The summed E-state index contributed by atoms with van der Waals surface area (Å²) < 4.78 is 34.4. The first-order chi connectivity index (χ1) is 23.1. The van der Waals surface area contributed by atoms with Crippen LogP contribution in [0.2, 0.25) is 0 Å². The molecule has 8 nitrogen and oxygen atoms in total. The smallest absolute Gasteiger partial charge is 0.306 e. The Bertz CT molecular complexity index is 828. The second-order valence-electron chi connectivity index (χ2n) is 14.3. The van der Waals surface area contributed by atoms with Crippen LogP contribution in [-0.2, 0) is 27.9 Å². The maximum atomic E-state index is 12.6. The van der Waals surface area contributed by atoms with Gasteiger partial charge in [-0.1, -0.05) is 115 Å². The van der Waals surface area contributed by atoms with E-state index in [2.05, 4.69) is 38.2 Å². The quantitative estimate of drug-likeness (QED) is 0.0211. The Morgan fingerprint density at radius 1 is 0.625 bits per heavy atom. The van der Waals surface area contributed by atoms with Gasteiger partial charge in [-0.3, -0.25) is 9.36 Å². The normalized spacial score (nSPS) is 14.2. The number of hydrogen-bond acceptors (Lipinski definition) is 7. The molecule has 0 aromatic rings. The van der Waals surface area contributed by atoms with Gasteiger partial charge in [0, 0.05) is 13.0 Å². The van der Waals surface area contributed by atoms with Crippen LogP contribution in [0.5, 0.6) is 0 Å². The molecule has 0 bridgehead atoms. The highest BCUT2D eigenvalue weighted by atomic mass is 31.2. The zero-order chi connectivity index (χ0) is 35.6. The van der Waals surface area contributed by atoms with Gasteiger partial charge in [0.25, 0.3) is 7.82 Å². The largest absolute Gasteiger partial charge is 0.756 e. The molecule has 0 aliphatic rings. The highest BCUT2D eigenvalue weighted by Crippen LogP contribution is 2.38. The first-order valence-electron chi connectivity index (χ1n) is 19.6. The monoisotopic (exact) mass is 702 g/mol. The Balaban J connectivity index is 4.32. The fraction of sp³-hybridized carbons (Fsp3) is 0.872. The van der Waals surface area contributed by atoms with E-state index in [9.17, 15) is 14.3 Å². The lowest BCUT2D eigenvalue weighted by atomic mass is 10.1. The standard InChI is InChI=1S/C39H76NO7P/c1-6-8-10-12-14-16-18-20-22-24-26-28-30-32-39(41)47-38(37-46-48(42,43)45-35-33-40(3,4)5)36-44-34-31-29-27-25-23-21-19-17-15-13-11-9-7-2/h15-18,38H,6-14,19-37H2,1-5H3/b17-15-,18-16-.